The van der Waals surface area contributed by atoms with Crippen LogP contribution in [0.1, 0.15) is 45.4 Å². The predicted molar refractivity (Wildman–Crippen MR) is 71.2 cm³/mol. The lowest BCUT2D eigenvalue weighted by Crippen LogP contribution is -2.47. The maximum Gasteiger partial charge on any atom is 0.225 e. The summed E-state index contributed by atoms with van der Waals surface area (Å²) in [7, 11) is 1.84. The van der Waals surface area contributed by atoms with Crippen molar-refractivity contribution in [1.29, 1.82) is 0 Å². The molecule has 18 heavy (non-hydrogen) atoms. The summed E-state index contributed by atoms with van der Waals surface area (Å²) >= 11 is 0. The van der Waals surface area contributed by atoms with Crippen molar-refractivity contribution in [3.05, 3.63) is 0 Å². The Morgan fingerprint density at radius 2 is 2.11 bits per heavy atom. The van der Waals surface area contributed by atoms with Crippen molar-refractivity contribution in [3.63, 3.8) is 0 Å². The molecule has 1 saturated carbocycles. The molecule has 0 spiro atoms. The number of piperidine rings is 1. The molecule has 0 radical (unpaired) electrons. The molecule has 0 aromatic heterocycles. The number of nitrogens with one attached hydrogen (secondary N) is 1. The first kappa shape index (κ1) is 13.8. The molecule has 1 saturated heterocycles. The molecule has 104 valence electrons. The van der Waals surface area contributed by atoms with Gasteiger partial charge in [-0.05, 0) is 39.2 Å². The van der Waals surface area contributed by atoms with E-state index in [1.807, 2.05) is 7.05 Å². The Hall–Kier alpha value is -0.610. The Bertz CT molecular complexity index is 300. The Kier molecular flexibility index (Phi) is 4.28. The number of aliphatic hydroxyl groups is 1. The SMILES string of the molecule is CC1CC(C(=O)N(C)CC2(O)CCCC2)CCN1. The van der Waals surface area contributed by atoms with Crippen LogP contribution in [0.5, 0.6) is 0 Å². The standard InChI is InChI=1S/C14H26N2O2/c1-11-9-12(5-8-15-11)13(17)16(2)10-14(18)6-3-4-7-14/h11-12,15,18H,3-10H2,1-2H3. The van der Waals surface area contributed by atoms with Crippen molar-refractivity contribution in [1.82, 2.24) is 10.2 Å². The van der Waals surface area contributed by atoms with Gasteiger partial charge in [0.05, 0.1) is 5.60 Å². The summed E-state index contributed by atoms with van der Waals surface area (Å²) in [5, 5.41) is 13.7. The summed E-state index contributed by atoms with van der Waals surface area (Å²) in [6.07, 6.45) is 5.69. The van der Waals surface area contributed by atoms with Gasteiger partial charge in [0.25, 0.3) is 0 Å². The average molecular weight is 254 g/mol. The lowest BCUT2D eigenvalue weighted by Gasteiger charge is -2.33. The fourth-order valence-electron chi connectivity index (χ4n) is 3.38. The topological polar surface area (TPSA) is 52.6 Å². The van der Waals surface area contributed by atoms with Gasteiger partial charge in [0.15, 0.2) is 0 Å². The summed E-state index contributed by atoms with van der Waals surface area (Å²) in [5.74, 6) is 0.347. The molecule has 2 unspecified atom stereocenters. The first-order valence-electron chi connectivity index (χ1n) is 7.21. The molecule has 0 aromatic rings. The molecular weight excluding hydrogens is 228 g/mol. The lowest BCUT2D eigenvalue weighted by molar-refractivity contribution is -0.138. The van der Waals surface area contributed by atoms with E-state index in [-0.39, 0.29) is 11.8 Å². The van der Waals surface area contributed by atoms with Gasteiger partial charge in [-0.25, -0.2) is 0 Å². The second-order valence-corrected chi connectivity index (χ2v) is 6.20. The Labute approximate surface area is 110 Å². The van der Waals surface area contributed by atoms with Gasteiger partial charge in [-0.3, -0.25) is 4.79 Å². The summed E-state index contributed by atoms with van der Waals surface area (Å²) < 4.78 is 0. The van der Waals surface area contributed by atoms with Crippen LogP contribution in [-0.4, -0.2) is 47.7 Å². The third kappa shape index (κ3) is 3.23. The van der Waals surface area contributed by atoms with Gasteiger partial charge < -0.3 is 15.3 Å². The number of hydrogen-bond donors (Lipinski definition) is 2. The van der Waals surface area contributed by atoms with Crippen LogP contribution < -0.4 is 5.32 Å². The van der Waals surface area contributed by atoms with Gasteiger partial charge in [-0.2, -0.15) is 0 Å². The molecule has 2 fully saturated rings. The largest absolute Gasteiger partial charge is 0.388 e. The Balaban J connectivity index is 1.87. The van der Waals surface area contributed by atoms with E-state index < -0.39 is 5.60 Å². The van der Waals surface area contributed by atoms with Crippen molar-refractivity contribution < 1.29 is 9.90 Å². The van der Waals surface area contributed by atoms with Crippen LogP contribution in [0.2, 0.25) is 0 Å². The molecule has 1 heterocycles. The molecule has 2 rings (SSSR count). The monoisotopic (exact) mass is 254 g/mol. The molecule has 0 aromatic carbocycles. The fraction of sp³-hybridized carbons (Fsp3) is 0.929. The summed E-state index contributed by atoms with van der Waals surface area (Å²) in [5.41, 5.74) is -0.622. The Morgan fingerprint density at radius 1 is 1.44 bits per heavy atom. The maximum absolute atomic E-state index is 12.4. The number of rotatable bonds is 3. The molecule has 4 nitrogen and oxygen atoms in total. The van der Waals surface area contributed by atoms with E-state index in [9.17, 15) is 9.90 Å². The quantitative estimate of drug-likeness (QED) is 0.794. The molecule has 1 aliphatic carbocycles. The van der Waals surface area contributed by atoms with E-state index in [0.717, 1.165) is 45.1 Å². The Morgan fingerprint density at radius 3 is 2.72 bits per heavy atom. The van der Waals surface area contributed by atoms with Crippen molar-refractivity contribution in [2.75, 3.05) is 20.1 Å². The van der Waals surface area contributed by atoms with Crippen LogP contribution >= 0.6 is 0 Å². The first-order valence-corrected chi connectivity index (χ1v) is 7.21. The number of hydrogen-bond acceptors (Lipinski definition) is 3. The number of likely N-dealkylation sites (N-methyl/N-ethyl adjacent to an activating group) is 1. The maximum atomic E-state index is 12.4. The molecule has 2 N–H and O–H groups in total. The van der Waals surface area contributed by atoms with Crippen LogP contribution in [0.3, 0.4) is 0 Å². The second kappa shape index (κ2) is 5.57. The first-order chi connectivity index (χ1) is 8.50. The third-order valence-electron chi connectivity index (χ3n) is 4.41. The second-order valence-electron chi connectivity index (χ2n) is 6.20. The number of carbonyl (C=O) groups is 1. The molecule has 4 heteroatoms. The number of nitrogens with zero attached hydrogens (tertiary/aromatic N) is 1. The highest BCUT2D eigenvalue weighted by atomic mass is 16.3. The summed E-state index contributed by atoms with van der Waals surface area (Å²) in [6, 6.07) is 0.427. The van der Waals surface area contributed by atoms with Gasteiger partial charge in [0, 0.05) is 25.6 Å². The van der Waals surface area contributed by atoms with Crippen molar-refractivity contribution in [3.8, 4) is 0 Å². The highest BCUT2D eigenvalue weighted by Gasteiger charge is 2.35. The van der Waals surface area contributed by atoms with Crippen molar-refractivity contribution in [2.45, 2.75) is 57.1 Å². The van der Waals surface area contributed by atoms with Gasteiger partial charge in [0.1, 0.15) is 0 Å². The average Bonchev–Trinajstić information content (AvgIpc) is 2.74. The van der Waals surface area contributed by atoms with Crippen LogP contribution in [0.25, 0.3) is 0 Å². The zero-order valence-electron chi connectivity index (χ0n) is 11.6. The van der Waals surface area contributed by atoms with Gasteiger partial charge in [-0.15, -0.1) is 0 Å². The van der Waals surface area contributed by atoms with E-state index in [2.05, 4.69) is 12.2 Å². The van der Waals surface area contributed by atoms with Gasteiger partial charge in [0.2, 0.25) is 5.91 Å². The van der Waals surface area contributed by atoms with Gasteiger partial charge in [-0.1, -0.05) is 12.8 Å². The van der Waals surface area contributed by atoms with Crippen molar-refractivity contribution >= 4 is 5.91 Å². The summed E-state index contributed by atoms with van der Waals surface area (Å²) in [6.45, 7) is 3.56. The van der Waals surface area contributed by atoms with Crippen LogP contribution in [0.4, 0.5) is 0 Å². The zero-order valence-corrected chi connectivity index (χ0v) is 11.6. The fourth-order valence-corrected chi connectivity index (χ4v) is 3.38. The third-order valence-corrected chi connectivity index (χ3v) is 4.41. The highest BCUT2D eigenvalue weighted by Crippen LogP contribution is 2.30. The van der Waals surface area contributed by atoms with Gasteiger partial charge >= 0.3 is 0 Å². The lowest BCUT2D eigenvalue weighted by atomic mass is 9.91. The summed E-state index contributed by atoms with van der Waals surface area (Å²) in [4.78, 5) is 14.1. The minimum atomic E-state index is -0.622. The zero-order chi connectivity index (χ0) is 13.2. The molecule has 1 amide bonds. The van der Waals surface area contributed by atoms with E-state index in [0.29, 0.717) is 12.6 Å². The van der Waals surface area contributed by atoms with E-state index >= 15 is 0 Å². The van der Waals surface area contributed by atoms with E-state index in [4.69, 9.17) is 0 Å². The van der Waals surface area contributed by atoms with Crippen LogP contribution in [0.15, 0.2) is 0 Å². The number of amides is 1. The normalized spacial score (nSPS) is 31.3. The smallest absolute Gasteiger partial charge is 0.225 e. The molecule has 0 bridgehead atoms. The molecular formula is C14H26N2O2. The minimum absolute atomic E-state index is 0.135. The molecule has 1 aliphatic heterocycles. The molecule has 2 aliphatic rings. The van der Waals surface area contributed by atoms with Crippen LogP contribution in [0, 0.1) is 5.92 Å². The number of carbonyl (C=O) groups excluding carboxylic acids is 1. The molecule has 2 atom stereocenters. The van der Waals surface area contributed by atoms with E-state index in [1.165, 1.54) is 0 Å². The van der Waals surface area contributed by atoms with Crippen molar-refractivity contribution in [2.24, 2.45) is 5.92 Å². The minimum Gasteiger partial charge on any atom is -0.388 e. The predicted octanol–water partition coefficient (Wildman–Crippen LogP) is 1.14. The highest BCUT2D eigenvalue weighted by molar-refractivity contribution is 5.78. The van der Waals surface area contributed by atoms with Crippen LogP contribution in [-0.2, 0) is 4.79 Å². The van der Waals surface area contributed by atoms with E-state index in [1.54, 1.807) is 4.90 Å².